The zero-order valence-electron chi connectivity index (χ0n) is 4.02. The highest BCUT2D eigenvalue weighted by Gasteiger charge is 2.19. The number of alkyl halides is 8. The maximum atomic E-state index is 10.3. The average Bonchev–Trinajstić information content (AvgIpc) is 1.12. The summed E-state index contributed by atoms with van der Waals surface area (Å²) >= 11 is 12.9. The van der Waals surface area contributed by atoms with E-state index in [0.29, 0.717) is 22.6 Å². The van der Waals surface area contributed by atoms with Gasteiger partial charge in [-0.3, -0.25) is 0 Å². The second-order valence-corrected chi connectivity index (χ2v) is 13.2. The summed E-state index contributed by atoms with van der Waals surface area (Å²) in [6.07, 6.45) is 0. The van der Waals surface area contributed by atoms with Crippen LogP contribution in [0.3, 0.4) is 0 Å². The van der Waals surface area contributed by atoms with Crippen molar-refractivity contribution in [1.82, 2.24) is 0 Å². The van der Waals surface area contributed by atoms with Crippen LogP contribution < -0.4 is 0 Å². The molecule has 0 rings (SSSR count). The van der Waals surface area contributed by atoms with Gasteiger partial charge >= 0.3 is 4.18 Å². The summed E-state index contributed by atoms with van der Waals surface area (Å²) in [6, 6.07) is 0. The van der Waals surface area contributed by atoms with Crippen molar-refractivity contribution in [1.29, 1.82) is 0 Å². The van der Waals surface area contributed by atoms with Crippen molar-refractivity contribution in [3.8, 4) is 0 Å². The van der Waals surface area contributed by atoms with E-state index in [-0.39, 0.29) is 1.05 Å². The summed E-state index contributed by atoms with van der Waals surface area (Å²) in [5.74, 6) is 0. The van der Waals surface area contributed by atoms with Crippen molar-refractivity contribution in [2.24, 2.45) is 0 Å². The van der Waals surface area contributed by atoms with Crippen LogP contribution in [0, 0.1) is 0 Å². The lowest BCUT2D eigenvalue weighted by Crippen LogP contribution is -1.87. The quantitative estimate of drug-likeness (QED) is 0.303. The van der Waals surface area contributed by atoms with Crippen LogP contribution in [0.15, 0.2) is 0 Å². The SMILES string of the molecule is BrC(Br)(Br)Br.FC(F)(F)I. The van der Waals surface area contributed by atoms with E-state index in [4.69, 9.17) is 0 Å². The minimum absolute atomic E-state index is 0.250. The van der Waals surface area contributed by atoms with E-state index >= 15 is 0 Å². The van der Waals surface area contributed by atoms with Gasteiger partial charge in [0.15, 0.2) is 1.05 Å². The summed E-state index contributed by atoms with van der Waals surface area (Å²) < 4.78 is 26.7. The van der Waals surface area contributed by atoms with Crippen molar-refractivity contribution in [3.63, 3.8) is 0 Å². The number of hydrogen-bond acceptors (Lipinski definition) is 0. The van der Waals surface area contributed by atoms with E-state index in [1.807, 2.05) is 0 Å². The lowest BCUT2D eigenvalue weighted by atomic mass is 11.6. The number of halogens is 8. The molecular formula is C2Br4F3I. The third-order valence-electron chi connectivity index (χ3n) is 0. The Morgan fingerprint density at radius 3 is 0.900 bits per heavy atom. The molecule has 0 radical (unpaired) electrons. The molecule has 0 aliphatic carbocycles. The molecule has 8 heteroatoms. The molecule has 0 amide bonds. The molecule has 0 aliphatic heterocycles. The molecule has 0 nitrogen and oxygen atoms in total. The first-order valence-corrected chi connectivity index (χ1v) is 5.76. The maximum absolute atomic E-state index is 10.3. The van der Waals surface area contributed by atoms with Crippen LogP contribution in [0.1, 0.15) is 0 Å². The van der Waals surface area contributed by atoms with E-state index in [2.05, 4.69) is 63.7 Å². The molecule has 10 heavy (non-hydrogen) atoms. The molecule has 0 atom stereocenters. The zero-order chi connectivity index (χ0) is 9.00. The minimum Gasteiger partial charge on any atom is -0.161 e. The summed E-state index contributed by atoms with van der Waals surface area (Å²) in [4.78, 5) is 0. The second-order valence-electron chi connectivity index (χ2n) is 0.857. The molecule has 0 spiro atoms. The fraction of sp³-hybridized carbons (Fsp3) is 1.00. The van der Waals surface area contributed by atoms with Crippen molar-refractivity contribution in [3.05, 3.63) is 0 Å². The monoisotopic (exact) mass is 524 g/mol. The molecule has 0 aromatic rings. The van der Waals surface area contributed by atoms with Crippen LogP contribution in [0.5, 0.6) is 0 Å². The Morgan fingerprint density at radius 1 is 0.900 bits per heavy atom. The summed E-state index contributed by atoms with van der Waals surface area (Å²) in [6.45, 7) is 0. The van der Waals surface area contributed by atoms with Crippen molar-refractivity contribution in [2.45, 2.75) is 5.24 Å². The Morgan fingerprint density at radius 2 is 0.900 bits per heavy atom. The summed E-state index contributed by atoms with van der Waals surface area (Å²) in [5, 5.41) is 0. The van der Waals surface area contributed by atoms with E-state index in [1.54, 1.807) is 0 Å². The Kier molecular flexibility index (Phi) is 8.93. The van der Waals surface area contributed by atoms with Gasteiger partial charge in [-0.25, -0.2) is 0 Å². The van der Waals surface area contributed by atoms with Crippen LogP contribution in [0.2, 0.25) is 0 Å². The lowest BCUT2D eigenvalue weighted by Gasteiger charge is -1.93. The van der Waals surface area contributed by atoms with Crippen molar-refractivity contribution < 1.29 is 13.2 Å². The standard InChI is InChI=1S/CBr4.CF3I/c2*2-1(3,4)5. The van der Waals surface area contributed by atoms with Crippen LogP contribution in [0.4, 0.5) is 13.2 Å². The highest BCUT2D eigenvalue weighted by molar-refractivity contribution is 14.1. The van der Waals surface area contributed by atoms with Crippen LogP contribution in [-0.2, 0) is 0 Å². The number of rotatable bonds is 0. The predicted octanol–water partition coefficient (Wildman–Crippen LogP) is 5.12. The predicted molar refractivity (Wildman–Crippen MR) is 58.5 cm³/mol. The minimum atomic E-state index is -4.03. The smallest absolute Gasteiger partial charge is 0.161 e. The van der Waals surface area contributed by atoms with Gasteiger partial charge in [-0.1, -0.05) is 0 Å². The molecule has 0 fully saturated rings. The van der Waals surface area contributed by atoms with Gasteiger partial charge in [0.2, 0.25) is 0 Å². The highest BCUT2D eigenvalue weighted by atomic mass is 127. The van der Waals surface area contributed by atoms with Crippen molar-refractivity contribution >= 4 is 86.3 Å². The van der Waals surface area contributed by atoms with Crippen LogP contribution >= 0.6 is 86.3 Å². The van der Waals surface area contributed by atoms with Gasteiger partial charge in [0.1, 0.15) is 0 Å². The molecule has 0 aromatic carbocycles. The van der Waals surface area contributed by atoms with Gasteiger partial charge in [-0.05, 0) is 63.7 Å². The van der Waals surface area contributed by atoms with Gasteiger partial charge in [0.25, 0.3) is 0 Å². The van der Waals surface area contributed by atoms with Crippen LogP contribution in [-0.4, -0.2) is 5.24 Å². The van der Waals surface area contributed by atoms with E-state index < -0.39 is 4.18 Å². The molecular weight excluding hydrogens is 528 g/mol. The first kappa shape index (κ1) is 14.9. The molecule has 0 unspecified atom stereocenters. The molecule has 0 aromatic heterocycles. The van der Waals surface area contributed by atoms with Gasteiger partial charge in [-0.15, -0.1) is 0 Å². The topological polar surface area (TPSA) is 0 Å². The fourth-order valence-corrected chi connectivity index (χ4v) is 0. The molecule has 0 bridgehead atoms. The van der Waals surface area contributed by atoms with E-state index in [9.17, 15) is 13.2 Å². The normalized spacial score (nSPS) is 12.0. The van der Waals surface area contributed by atoms with E-state index in [0.717, 1.165) is 0 Å². The fourth-order valence-electron chi connectivity index (χ4n) is 0. The third kappa shape index (κ3) is 156. The first-order chi connectivity index (χ1) is 4.00. The van der Waals surface area contributed by atoms with Gasteiger partial charge in [0, 0.05) is 22.6 Å². The van der Waals surface area contributed by atoms with Gasteiger partial charge in [-0.2, -0.15) is 13.2 Å². The Balaban J connectivity index is 0. The average molecular weight is 528 g/mol. The largest absolute Gasteiger partial charge is 0.441 e. The summed E-state index contributed by atoms with van der Waals surface area (Å²) in [7, 11) is 0. The molecule has 0 aliphatic rings. The number of hydrogen-bond donors (Lipinski definition) is 0. The molecule has 0 saturated carbocycles. The zero-order valence-corrected chi connectivity index (χ0v) is 12.5. The second kappa shape index (κ2) is 5.98. The highest BCUT2D eigenvalue weighted by Crippen LogP contribution is 2.39. The molecule has 0 N–H and O–H groups in total. The Bertz CT molecular complexity index is 61.5. The third-order valence-corrected chi connectivity index (χ3v) is 0. The van der Waals surface area contributed by atoms with Crippen molar-refractivity contribution in [2.75, 3.05) is 0 Å². The first-order valence-electron chi connectivity index (χ1n) is 1.51. The Hall–Kier alpha value is 2.44. The molecule has 64 valence electrons. The summed E-state index contributed by atoms with van der Waals surface area (Å²) in [5.41, 5.74) is 0. The molecule has 0 heterocycles. The maximum Gasteiger partial charge on any atom is 0.441 e. The molecule has 0 saturated heterocycles. The van der Waals surface area contributed by atoms with E-state index in [1.165, 1.54) is 0 Å². The van der Waals surface area contributed by atoms with Gasteiger partial charge in [0.05, 0.1) is 0 Å². The van der Waals surface area contributed by atoms with Crippen LogP contribution in [0.25, 0.3) is 0 Å². The lowest BCUT2D eigenvalue weighted by molar-refractivity contribution is -0.0125. The van der Waals surface area contributed by atoms with Gasteiger partial charge < -0.3 is 0 Å². The Labute approximate surface area is 103 Å².